The Labute approximate surface area is 125 Å². The summed E-state index contributed by atoms with van der Waals surface area (Å²) in [5, 5.41) is 0. The molecule has 1 heterocycles. The molecule has 0 bridgehead atoms. The molecule has 0 fully saturated rings. The highest BCUT2D eigenvalue weighted by atomic mass is 79.9. The van der Waals surface area contributed by atoms with Crippen LogP contribution in [0.15, 0.2) is 53.0 Å². The number of amides is 2. The Morgan fingerprint density at radius 2 is 1.40 bits per heavy atom. The van der Waals surface area contributed by atoms with E-state index in [0.717, 1.165) is 10.0 Å². The smallest absolute Gasteiger partial charge is 0.262 e. The van der Waals surface area contributed by atoms with Crippen molar-refractivity contribution in [2.45, 2.75) is 13.0 Å². The van der Waals surface area contributed by atoms with E-state index in [1.165, 1.54) is 4.90 Å². The van der Waals surface area contributed by atoms with Gasteiger partial charge in [0.25, 0.3) is 11.8 Å². The van der Waals surface area contributed by atoms with Gasteiger partial charge in [0.1, 0.15) is 0 Å². The average molecular weight is 330 g/mol. The summed E-state index contributed by atoms with van der Waals surface area (Å²) >= 11 is 3.38. The second kappa shape index (κ2) is 4.87. The van der Waals surface area contributed by atoms with Gasteiger partial charge in [-0.3, -0.25) is 14.5 Å². The van der Waals surface area contributed by atoms with Crippen molar-refractivity contribution in [1.29, 1.82) is 0 Å². The minimum absolute atomic E-state index is 0.221. The number of halogens is 1. The summed E-state index contributed by atoms with van der Waals surface area (Å²) < 4.78 is 0.968. The Balaban J connectivity index is 1.98. The molecule has 2 amide bonds. The van der Waals surface area contributed by atoms with Gasteiger partial charge in [-0.15, -0.1) is 0 Å². The second-order valence-electron chi connectivity index (χ2n) is 4.75. The number of hydrogen-bond donors (Lipinski definition) is 0. The topological polar surface area (TPSA) is 37.4 Å². The first-order valence-corrected chi connectivity index (χ1v) is 7.11. The van der Waals surface area contributed by atoms with Crippen LogP contribution < -0.4 is 0 Å². The van der Waals surface area contributed by atoms with E-state index < -0.39 is 0 Å². The summed E-state index contributed by atoms with van der Waals surface area (Å²) in [6.45, 7) is 1.87. The van der Waals surface area contributed by atoms with Gasteiger partial charge < -0.3 is 0 Å². The van der Waals surface area contributed by atoms with Gasteiger partial charge in [0, 0.05) is 4.47 Å². The molecule has 2 aromatic carbocycles. The van der Waals surface area contributed by atoms with Crippen molar-refractivity contribution in [3.8, 4) is 0 Å². The van der Waals surface area contributed by atoms with E-state index in [1.54, 1.807) is 24.3 Å². The maximum absolute atomic E-state index is 12.4. The molecule has 100 valence electrons. The monoisotopic (exact) mass is 329 g/mol. The van der Waals surface area contributed by atoms with Crippen molar-refractivity contribution in [2.24, 2.45) is 0 Å². The number of carbonyl (C=O) groups is 2. The molecular formula is C16H12BrNO2. The molecule has 0 unspecified atom stereocenters. The quantitative estimate of drug-likeness (QED) is 0.786. The Hall–Kier alpha value is -1.94. The summed E-state index contributed by atoms with van der Waals surface area (Å²) in [6, 6.07) is 14.3. The third-order valence-corrected chi connectivity index (χ3v) is 4.09. The number of hydrogen-bond acceptors (Lipinski definition) is 2. The Morgan fingerprint density at radius 3 is 1.90 bits per heavy atom. The molecule has 1 aliphatic heterocycles. The third-order valence-electron chi connectivity index (χ3n) is 3.57. The lowest BCUT2D eigenvalue weighted by molar-refractivity contribution is 0.0595. The van der Waals surface area contributed by atoms with E-state index in [4.69, 9.17) is 0 Å². The highest BCUT2D eigenvalue weighted by molar-refractivity contribution is 9.10. The predicted octanol–water partition coefficient (Wildman–Crippen LogP) is 3.81. The molecule has 3 rings (SSSR count). The molecule has 0 spiro atoms. The number of fused-ring (bicyclic) bond motifs is 1. The van der Waals surface area contributed by atoms with Crippen LogP contribution in [0.3, 0.4) is 0 Å². The van der Waals surface area contributed by atoms with Crippen LogP contribution in [0.5, 0.6) is 0 Å². The molecule has 0 saturated carbocycles. The summed E-state index contributed by atoms with van der Waals surface area (Å²) in [6.07, 6.45) is 0. The first-order chi connectivity index (χ1) is 9.59. The largest absolute Gasteiger partial charge is 0.269 e. The van der Waals surface area contributed by atoms with Gasteiger partial charge in [-0.25, -0.2) is 0 Å². The molecule has 0 aliphatic carbocycles. The van der Waals surface area contributed by atoms with Gasteiger partial charge in [-0.05, 0) is 36.8 Å². The second-order valence-corrected chi connectivity index (χ2v) is 5.67. The van der Waals surface area contributed by atoms with Gasteiger partial charge >= 0.3 is 0 Å². The first-order valence-electron chi connectivity index (χ1n) is 6.32. The van der Waals surface area contributed by atoms with Crippen LogP contribution in [0.2, 0.25) is 0 Å². The fourth-order valence-corrected chi connectivity index (χ4v) is 2.71. The zero-order chi connectivity index (χ0) is 14.3. The molecule has 0 radical (unpaired) electrons. The summed E-state index contributed by atoms with van der Waals surface area (Å²) in [7, 11) is 0. The maximum atomic E-state index is 12.4. The van der Waals surface area contributed by atoms with Gasteiger partial charge in [-0.2, -0.15) is 0 Å². The summed E-state index contributed by atoms with van der Waals surface area (Å²) in [5.41, 5.74) is 1.91. The summed E-state index contributed by atoms with van der Waals surface area (Å²) in [5.74, 6) is -0.443. The Kier molecular flexibility index (Phi) is 3.18. The van der Waals surface area contributed by atoms with E-state index >= 15 is 0 Å². The molecule has 1 atom stereocenters. The van der Waals surface area contributed by atoms with Gasteiger partial charge in [-0.1, -0.05) is 40.2 Å². The lowest BCUT2D eigenvalue weighted by atomic mass is 10.1. The lowest BCUT2D eigenvalue weighted by Gasteiger charge is -2.22. The van der Waals surface area contributed by atoms with E-state index in [9.17, 15) is 9.59 Å². The molecular weight excluding hydrogens is 318 g/mol. The highest BCUT2D eigenvalue weighted by Gasteiger charge is 2.38. The molecule has 0 N–H and O–H groups in total. The first kappa shape index (κ1) is 13.1. The zero-order valence-electron chi connectivity index (χ0n) is 10.8. The van der Waals surface area contributed by atoms with E-state index in [1.807, 2.05) is 31.2 Å². The number of imide groups is 1. The molecule has 1 aliphatic rings. The number of nitrogens with zero attached hydrogens (tertiary/aromatic N) is 1. The highest BCUT2D eigenvalue weighted by Crippen LogP contribution is 2.31. The average Bonchev–Trinajstić information content (AvgIpc) is 2.72. The summed E-state index contributed by atoms with van der Waals surface area (Å²) in [4.78, 5) is 26.1. The molecule has 20 heavy (non-hydrogen) atoms. The van der Waals surface area contributed by atoms with Crippen molar-refractivity contribution >= 4 is 27.7 Å². The number of rotatable bonds is 2. The van der Waals surface area contributed by atoms with Crippen LogP contribution in [-0.4, -0.2) is 16.7 Å². The number of carbonyl (C=O) groups excluding carboxylic acids is 2. The van der Waals surface area contributed by atoms with Crippen LogP contribution >= 0.6 is 15.9 Å². The minimum Gasteiger partial charge on any atom is -0.269 e. The van der Waals surface area contributed by atoms with Crippen LogP contribution in [0.4, 0.5) is 0 Å². The van der Waals surface area contributed by atoms with E-state index in [-0.39, 0.29) is 17.9 Å². The Bertz CT molecular complexity index is 659. The number of benzene rings is 2. The van der Waals surface area contributed by atoms with Crippen molar-refractivity contribution in [3.63, 3.8) is 0 Å². The molecule has 2 aromatic rings. The third kappa shape index (κ3) is 1.96. The van der Waals surface area contributed by atoms with Gasteiger partial charge in [0.05, 0.1) is 17.2 Å². The maximum Gasteiger partial charge on any atom is 0.262 e. The van der Waals surface area contributed by atoms with Crippen LogP contribution in [-0.2, 0) is 0 Å². The zero-order valence-corrected chi connectivity index (χ0v) is 12.4. The normalized spacial score (nSPS) is 15.4. The fraction of sp³-hybridized carbons (Fsp3) is 0.125. The predicted molar refractivity (Wildman–Crippen MR) is 79.5 cm³/mol. The van der Waals surface area contributed by atoms with Crippen molar-refractivity contribution < 1.29 is 9.59 Å². The minimum atomic E-state index is -0.282. The van der Waals surface area contributed by atoms with Crippen molar-refractivity contribution in [3.05, 3.63) is 69.7 Å². The van der Waals surface area contributed by atoms with Crippen molar-refractivity contribution in [2.75, 3.05) is 0 Å². The lowest BCUT2D eigenvalue weighted by Crippen LogP contribution is -2.32. The molecule has 0 aromatic heterocycles. The van der Waals surface area contributed by atoms with Gasteiger partial charge in [0.2, 0.25) is 0 Å². The SMILES string of the molecule is C[C@@H](c1ccc(Br)cc1)N1C(=O)c2ccccc2C1=O. The standard InChI is InChI=1S/C16H12BrNO2/c1-10(11-6-8-12(17)9-7-11)18-15(19)13-4-2-3-5-14(13)16(18)20/h2-10H,1H3/t10-/m0/s1. The van der Waals surface area contributed by atoms with Gasteiger partial charge in [0.15, 0.2) is 0 Å². The Morgan fingerprint density at radius 1 is 0.900 bits per heavy atom. The fourth-order valence-electron chi connectivity index (χ4n) is 2.45. The van der Waals surface area contributed by atoms with E-state index in [2.05, 4.69) is 15.9 Å². The molecule has 3 nitrogen and oxygen atoms in total. The van der Waals surface area contributed by atoms with E-state index in [0.29, 0.717) is 11.1 Å². The van der Waals surface area contributed by atoms with Crippen molar-refractivity contribution in [1.82, 2.24) is 4.90 Å². The molecule has 0 saturated heterocycles. The van der Waals surface area contributed by atoms with Crippen LogP contribution in [0, 0.1) is 0 Å². The van der Waals surface area contributed by atoms with Crippen LogP contribution in [0.1, 0.15) is 39.2 Å². The molecule has 4 heteroatoms. The van der Waals surface area contributed by atoms with Crippen LogP contribution in [0.25, 0.3) is 0 Å².